The van der Waals surface area contributed by atoms with Gasteiger partial charge < -0.3 is 10.6 Å². The normalized spacial score (nSPS) is 26.0. The monoisotopic (exact) mass is 288 g/mol. The molecule has 0 radical (unpaired) electrons. The van der Waals surface area contributed by atoms with Crippen molar-refractivity contribution < 1.29 is 0 Å². The Bertz CT molecular complexity index is 318. The first kappa shape index (κ1) is 11.6. The van der Waals surface area contributed by atoms with Crippen LogP contribution in [0.25, 0.3) is 0 Å². The van der Waals surface area contributed by atoms with Crippen LogP contribution in [0.2, 0.25) is 0 Å². The maximum atomic E-state index is 3.56. The lowest BCUT2D eigenvalue weighted by Crippen LogP contribution is -2.45. The smallest absolute Gasteiger partial charge is 0.0300 e. The molecule has 0 aliphatic carbocycles. The molecule has 0 saturated carbocycles. The van der Waals surface area contributed by atoms with Gasteiger partial charge in [-0.25, -0.2) is 0 Å². The van der Waals surface area contributed by atoms with Crippen molar-refractivity contribution in [2.45, 2.75) is 31.8 Å². The molecule has 1 fully saturated rings. The molecule has 0 aromatic carbocycles. The Labute approximate surface area is 104 Å². The number of hydrogen-bond donors (Lipinski definition) is 2. The van der Waals surface area contributed by atoms with E-state index < -0.39 is 0 Å². The average molecular weight is 289 g/mol. The van der Waals surface area contributed by atoms with E-state index in [2.05, 4.69) is 44.9 Å². The summed E-state index contributed by atoms with van der Waals surface area (Å²) >= 11 is 5.27. The van der Waals surface area contributed by atoms with Gasteiger partial charge in [0.05, 0.1) is 0 Å². The van der Waals surface area contributed by atoms with Gasteiger partial charge in [-0.1, -0.05) is 0 Å². The van der Waals surface area contributed by atoms with Crippen LogP contribution in [0, 0.1) is 0 Å². The van der Waals surface area contributed by atoms with Crippen LogP contribution in [-0.2, 0) is 6.54 Å². The molecule has 1 aliphatic heterocycles. The van der Waals surface area contributed by atoms with Crippen molar-refractivity contribution >= 4 is 27.3 Å². The molecule has 84 valence electrons. The van der Waals surface area contributed by atoms with Crippen molar-refractivity contribution in [1.29, 1.82) is 0 Å². The Balaban J connectivity index is 1.75. The molecule has 4 heteroatoms. The quantitative estimate of drug-likeness (QED) is 0.890. The first-order chi connectivity index (χ1) is 7.18. The maximum Gasteiger partial charge on any atom is 0.0300 e. The highest BCUT2D eigenvalue weighted by atomic mass is 79.9. The predicted octanol–water partition coefficient (Wildman–Crippen LogP) is 2.74. The van der Waals surface area contributed by atoms with Gasteiger partial charge in [-0.15, -0.1) is 11.3 Å². The van der Waals surface area contributed by atoms with Crippen LogP contribution in [0.3, 0.4) is 0 Å². The van der Waals surface area contributed by atoms with Crippen molar-refractivity contribution in [1.82, 2.24) is 10.6 Å². The molecule has 2 heterocycles. The fourth-order valence-corrected chi connectivity index (χ4v) is 3.44. The SMILES string of the molecule is CC1(CNCc2cc(Br)cs2)CCCN1. The standard InChI is InChI=1S/C11H17BrN2S/c1-11(3-2-4-14-11)8-13-6-10-5-9(12)7-15-10/h5,7,13-14H,2-4,6,8H2,1H3. The Kier molecular flexibility index (Phi) is 3.83. The minimum atomic E-state index is 0.314. The lowest BCUT2D eigenvalue weighted by Gasteiger charge is -2.24. The summed E-state index contributed by atoms with van der Waals surface area (Å²) in [4.78, 5) is 1.39. The van der Waals surface area contributed by atoms with E-state index in [-0.39, 0.29) is 0 Å². The summed E-state index contributed by atoms with van der Waals surface area (Å²) in [7, 11) is 0. The van der Waals surface area contributed by atoms with Gasteiger partial charge in [-0.3, -0.25) is 0 Å². The van der Waals surface area contributed by atoms with E-state index in [1.54, 1.807) is 11.3 Å². The van der Waals surface area contributed by atoms with E-state index in [0.29, 0.717) is 5.54 Å². The Morgan fingerprint density at radius 3 is 3.13 bits per heavy atom. The van der Waals surface area contributed by atoms with Crippen LogP contribution in [-0.4, -0.2) is 18.6 Å². The minimum absolute atomic E-state index is 0.314. The summed E-state index contributed by atoms with van der Waals surface area (Å²) in [5.41, 5.74) is 0.314. The highest BCUT2D eigenvalue weighted by Crippen LogP contribution is 2.20. The molecule has 2 nitrogen and oxygen atoms in total. The fourth-order valence-electron chi connectivity index (χ4n) is 2.02. The highest BCUT2D eigenvalue weighted by Gasteiger charge is 2.26. The summed E-state index contributed by atoms with van der Waals surface area (Å²) in [5.74, 6) is 0. The first-order valence-electron chi connectivity index (χ1n) is 5.37. The fraction of sp³-hybridized carbons (Fsp3) is 0.636. The van der Waals surface area contributed by atoms with Crippen molar-refractivity contribution in [3.8, 4) is 0 Å². The zero-order chi connectivity index (χ0) is 10.7. The number of halogens is 1. The van der Waals surface area contributed by atoms with Gasteiger partial charge in [0.25, 0.3) is 0 Å². The largest absolute Gasteiger partial charge is 0.310 e. The second-order valence-electron chi connectivity index (χ2n) is 4.43. The number of rotatable bonds is 4. The molecule has 1 aliphatic rings. The Morgan fingerprint density at radius 1 is 1.67 bits per heavy atom. The van der Waals surface area contributed by atoms with Crippen molar-refractivity contribution in [2.24, 2.45) is 0 Å². The molecule has 1 saturated heterocycles. The molecule has 1 unspecified atom stereocenters. The average Bonchev–Trinajstić information content (AvgIpc) is 2.76. The van der Waals surface area contributed by atoms with Crippen LogP contribution in [0.5, 0.6) is 0 Å². The second-order valence-corrected chi connectivity index (χ2v) is 6.34. The summed E-state index contributed by atoms with van der Waals surface area (Å²) < 4.78 is 1.19. The summed E-state index contributed by atoms with van der Waals surface area (Å²) in [6.45, 7) is 5.51. The molecular weight excluding hydrogens is 272 g/mol. The van der Waals surface area contributed by atoms with Gasteiger partial charge in [0.15, 0.2) is 0 Å². The minimum Gasteiger partial charge on any atom is -0.310 e. The van der Waals surface area contributed by atoms with Crippen LogP contribution in [0.1, 0.15) is 24.6 Å². The van der Waals surface area contributed by atoms with E-state index in [9.17, 15) is 0 Å². The molecule has 2 rings (SSSR count). The van der Waals surface area contributed by atoms with Gasteiger partial charge >= 0.3 is 0 Å². The highest BCUT2D eigenvalue weighted by molar-refractivity contribution is 9.10. The number of nitrogens with one attached hydrogen (secondary N) is 2. The molecule has 0 bridgehead atoms. The number of hydrogen-bond acceptors (Lipinski definition) is 3. The zero-order valence-corrected chi connectivity index (χ0v) is 11.4. The summed E-state index contributed by atoms with van der Waals surface area (Å²) in [5, 5.41) is 9.21. The maximum absolute atomic E-state index is 3.56. The molecule has 0 amide bonds. The van der Waals surface area contributed by atoms with Gasteiger partial charge in [0.2, 0.25) is 0 Å². The molecule has 1 atom stereocenters. The number of thiophene rings is 1. The van der Waals surface area contributed by atoms with Crippen LogP contribution >= 0.6 is 27.3 Å². The molecule has 1 aromatic heterocycles. The van der Waals surface area contributed by atoms with Crippen LogP contribution in [0.15, 0.2) is 15.9 Å². The molecule has 2 N–H and O–H groups in total. The van der Waals surface area contributed by atoms with Gasteiger partial charge in [0.1, 0.15) is 0 Å². The third-order valence-corrected chi connectivity index (χ3v) is 4.59. The summed E-state index contributed by atoms with van der Waals surface area (Å²) in [6, 6.07) is 2.18. The Hall–Kier alpha value is 0.1000. The third kappa shape index (κ3) is 3.28. The lowest BCUT2D eigenvalue weighted by atomic mass is 10.0. The van der Waals surface area contributed by atoms with E-state index in [1.165, 1.54) is 28.7 Å². The zero-order valence-electron chi connectivity index (χ0n) is 8.98. The third-order valence-electron chi connectivity index (χ3n) is 2.89. The van der Waals surface area contributed by atoms with Crippen LogP contribution in [0.4, 0.5) is 0 Å². The summed E-state index contributed by atoms with van der Waals surface area (Å²) in [6.07, 6.45) is 2.59. The van der Waals surface area contributed by atoms with Crippen molar-refractivity contribution in [3.63, 3.8) is 0 Å². The van der Waals surface area contributed by atoms with Crippen molar-refractivity contribution in [2.75, 3.05) is 13.1 Å². The molecule has 1 aromatic rings. The van der Waals surface area contributed by atoms with Gasteiger partial charge in [-0.05, 0) is 48.3 Å². The predicted molar refractivity (Wildman–Crippen MR) is 69.4 cm³/mol. The van der Waals surface area contributed by atoms with E-state index in [4.69, 9.17) is 0 Å². The van der Waals surface area contributed by atoms with Crippen molar-refractivity contribution in [3.05, 3.63) is 20.8 Å². The van der Waals surface area contributed by atoms with Gasteiger partial charge in [0, 0.05) is 33.4 Å². The second kappa shape index (κ2) is 4.95. The van der Waals surface area contributed by atoms with E-state index >= 15 is 0 Å². The Morgan fingerprint density at radius 2 is 2.53 bits per heavy atom. The van der Waals surface area contributed by atoms with Crippen LogP contribution < -0.4 is 10.6 Å². The van der Waals surface area contributed by atoms with E-state index in [1.807, 2.05) is 0 Å². The lowest BCUT2D eigenvalue weighted by molar-refractivity contribution is 0.386. The topological polar surface area (TPSA) is 24.1 Å². The van der Waals surface area contributed by atoms with E-state index in [0.717, 1.165) is 13.1 Å². The molecular formula is C11H17BrN2S. The molecule has 15 heavy (non-hydrogen) atoms. The van der Waals surface area contributed by atoms with Gasteiger partial charge in [-0.2, -0.15) is 0 Å². The molecule has 0 spiro atoms. The first-order valence-corrected chi connectivity index (χ1v) is 7.04.